The topological polar surface area (TPSA) is 55.8 Å². The van der Waals surface area contributed by atoms with Crippen LogP contribution < -0.4 is 0 Å². The third kappa shape index (κ3) is 2.14. The van der Waals surface area contributed by atoms with E-state index >= 15 is 0 Å². The number of ether oxygens (including phenoxy) is 2. The molecule has 2 saturated carbocycles. The summed E-state index contributed by atoms with van der Waals surface area (Å²) in [6.07, 6.45) is 2.72. The number of hydrogen-bond donors (Lipinski definition) is 0. The molecule has 0 amide bonds. The van der Waals surface area contributed by atoms with Crippen LogP contribution in [-0.2, 0) is 19.1 Å². The molecule has 0 radical (unpaired) electrons. The van der Waals surface area contributed by atoms with E-state index in [2.05, 4.69) is 4.90 Å². The third-order valence-electron chi connectivity index (χ3n) is 4.75. The van der Waals surface area contributed by atoms with E-state index in [1.807, 2.05) is 14.1 Å². The molecule has 5 heteroatoms. The van der Waals surface area contributed by atoms with Crippen LogP contribution in [0.15, 0.2) is 0 Å². The van der Waals surface area contributed by atoms with E-state index in [4.69, 9.17) is 9.47 Å². The van der Waals surface area contributed by atoms with Crippen LogP contribution in [0.25, 0.3) is 0 Å². The monoisotopic (exact) mass is 267 g/mol. The Morgan fingerprint density at radius 3 is 2.95 bits per heavy atom. The van der Waals surface area contributed by atoms with Crippen LogP contribution in [0.5, 0.6) is 0 Å². The normalized spacial score (nSPS) is 38.9. The van der Waals surface area contributed by atoms with Crippen molar-refractivity contribution in [1.82, 2.24) is 4.90 Å². The van der Waals surface area contributed by atoms with Crippen LogP contribution >= 0.6 is 0 Å². The molecule has 0 spiro atoms. The molecule has 3 fully saturated rings. The van der Waals surface area contributed by atoms with E-state index in [1.54, 1.807) is 0 Å². The van der Waals surface area contributed by atoms with Gasteiger partial charge in [-0.25, -0.2) is 0 Å². The molecule has 1 aliphatic heterocycles. The van der Waals surface area contributed by atoms with Gasteiger partial charge in [0.1, 0.15) is 6.10 Å². The summed E-state index contributed by atoms with van der Waals surface area (Å²) in [6, 6.07) is 0. The maximum absolute atomic E-state index is 12.2. The second-order valence-electron chi connectivity index (χ2n) is 6.25. The van der Waals surface area contributed by atoms with Gasteiger partial charge in [-0.1, -0.05) is 0 Å². The van der Waals surface area contributed by atoms with Crippen LogP contribution in [0.3, 0.4) is 0 Å². The summed E-state index contributed by atoms with van der Waals surface area (Å²) >= 11 is 0. The third-order valence-corrected chi connectivity index (χ3v) is 4.75. The lowest BCUT2D eigenvalue weighted by Crippen LogP contribution is -2.33. The summed E-state index contributed by atoms with van der Waals surface area (Å²) < 4.78 is 10.7. The van der Waals surface area contributed by atoms with E-state index in [0.29, 0.717) is 12.5 Å². The van der Waals surface area contributed by atoms with Gasteiger partial charge in [-0.15, -0.1) is 0 Å². The van der Waals surface area contributed by atoms with Crippen molar-refractivity contribution in [3.05, 3.63) is 0 Å². The molecule has 19 heavy (non-hydrogen) atoms. The highest BCUT2D eigenvalue weighted by molar-refractivity contribution is 5.85. The Bertz CT molecular complexity index is 393. The number of fused-ring (bicyclic) bond motifs is 1. The molecule has 3 rings (SSSR count). The molecule has 106 valence electrons. The van der Waals surface area contributed by atoms with Gasteiger partial charge in [0, 0.05) is 12.5 Å². The Morgan fingerprint density at radius 2 is 2.21 bits per heavy atom. The van der Waals surface area contributed by atoms with Crippen molar-refractivity contribution in [2.75, 3.05) is 27.2 Å². The van der Waals surface area contributed by atoms with Crippen molar-refractivity contribution in [3.8, 4) is 0 Å². The fourth-order valence-electron chi connectivity index (χ4n) is 3.97. The van der Waals surface area contributed by atoms with Gasteiger partial charge in [0.15, 0.2) is 0 Å². The smallest absolute Gasteiger partial charge is 0.310 e. The molecular weight excluding hydrogens is 246 g/mol. The van der Waals surface area contributed by atoms with Gasteiger partial charge in [0.2, 0.25) is 0 Å². The molecular formula is C14H21NO4. The predicted octanol–water partition coefficient (Wildman–Crippen LogP) is 0.679. The number of carbonyl (C=O) groups is 2. The van der Waals surface area contributed by atoms with Crippen molar-refractivity contribution in [1.29, 1.82) is 0 Å². The second kappa shape index (κ2) is 4.78. The predicted molar refractivity (Wildman–Crippen MR) is 67.2 cm³/mol. The minimum Gasteiger partial charge on any atom is -0.465 e. The lowest BCUT2D eigenvalue weighted by molar-refractivity contribution is -0.155. The molecule has 0 N–H and O–H groups in total. The summed E-state index contributed by atoms with van der Waals surface area (Å²) in [4.78, 5) is 26.0. The zero-order valence-electron chi connectivity index (χ0n) is 11.5. The highest BCUT2D eigenvalue weighted by Crippen LogP contribution is 2.57. The van der Waals surface area contributed by atoms with Gasteiger partial charge in [0.25, 0.3) is 0 Å². The van der Waals surface area contributed by atoms with Crippen molar-refractivity contribution in [2.45, 2.75) is 25.4 Å². The van der Waals surface area contributed by atoms with Gasteiger partial charge < -0.3 is 14.4 Å². The van der Waals surface area contributed by atoms with Crippen LogP contribution in [0.1, 0.15) is 19.3 Å². The van der Waals surface area contributed by atoms with Crippen molar-refractivity contribution >= 4 is 11.9 Å². The highest BCUT2D eigenvalue weighted by Gasteiger charge is 2.64. The number of esters is 2. The van der Waals surface area contributed by atoms with Crippen LogP contribution in [0.4, 0.5) is 0 Å². The minimum atomic E-state index is -0.240. The zero-order valence-corrected chi connectivity index (χ0v) is 11.5. The first-order valence-corrected chi connectivity index (χ1v) is 7.10. The Balaban J connectivity index is 1.55. The second-order valence-corrected chi connectivity index (χ2v) is 6.25. The van der Waals surface area contributed by atoms with Gasteiger partial charge in [-0.05, 0) is 39.3 Å². The SMILES string of the molecule is CN(C)CCCOC(=O)[C@@H]1[C@@H]2C[C@@H]3[C@@H]1C(=O)O[C@@H]3C2. The quantitative estimate of drug-likeness (QED) is 0.541. The molecule has 0 aromatic rings. The molecule has 0 aromatic carbocycles. The van der Waals surface area contributed by atoms with Crippen molar-refractivity contribution < 1.29 is 19.1 Å². The summed E-state index contributed by atoms with van der Waals surface area (Å²) in [5, 5.41) is 0. The Labute approximate surface area is 113 Å². The summed E-state index contributed by atoms with van der Waals surface area (Å²) in [5.41, 5.74) is 0. The molecule has 0 unspecified atom stereocenters. The molecule has 5 atom stereocenters. The summed E-state index contributed by atoms with van der Waals surface area (Å²) in [5.74, 6) is -0.246. The number of carbonyl (C=O) groups excluding carboxylic acids is 2. The molecule has 3 aliphatic rings. The van der Waals surface area contributed by atoms with E-state index in [-0.39, 0.29) is 35.8 Å². The Hall–Kier alpha value is -1.10. The van der Waals surface area contributed by atoms with Gasteiger partial charge in [-0.3, -0.25) is 9.59 Å². The average Bonchev–Trinajstić information content (AvgIpc) is 2.94. The lowest BCUT2D eigenvalue weighted by Gasteiger charge is -2.22. The van der Waals surface area contributed by atoms with Crippen LogP contribution in [0, 0.1) is 23.7 Å². The van der Waals surface area contributed by atoms with Gasteiger partial charge >= 0.3 is 11.9 Å². The number of hydrogen-bond acceptors (Lipinski definition) is 5. The first kappa shape index (κ1) is 12.9. The Morgan fingerprint density at radius 1 is 1.42 bits per heavy atom. The maximum Gasteiger partial charge on any atom is 0.310 e. The largest absolute Gasteiger partial charge is 0.465 e. The standard InChI is InChI=1S/C14H21NO4/c1-15(2)4-3-5-18-13(16)11-8-6-9-10(7-8)19-14(17)12(9)11/h8-12H,3-7H2,1-2H3/t8-,9+,10-,11-,12+/m1/s1. The maximum atomic E-state index is 12.2. The lowest BCUT2D eigenvalue weighted by atomic mass is 9.80. The molecule has 1 saturated heterocycles. The highest BCUT2D eigenvalue weighted by atomic mass is 16.6. The van der Waals surface area contributed by atoms with E-state index in [9.17, 15) is 9.59 Å². The zero-order chi connectivity index (χ0) is 13.6. The first-order chi connectivity index (χ1) is 9.08. The fraction of sp³-hybridized carbons (Fsp3) is 0.857. The number of rotatable bonds is 5. The summed E-state index contributed by atoms with van der Waals surface area (Å²) in [6.45, 7) is 1.34. The average molecular weight is 267 g/mol. The van der Waals surface area contributed by atoms with Crippen molar-refractivity contribution in [2.24, 2.45) is 23.7 Å². The minimum absolute atomic E-state index is 0.0836. The van der Waals surface area contributed by atoms with Crippen LogP contribution in [-0.4, -0.2) is 50.2 Å². The molecule has 1 heterocycles. The Kier molecular flexibility index (Phi) is 3.25. The summed E-state index contributed by atoms with van der Waals surface area (Å²) in [7, 11) is 3.98. The number of nitrogens with zero attached hydrogens (tertiary/aromatic N) is 1. The molecule has 2 aliphatic carbocycles. The molecule has 0 aromatic heterocycles. The fourth-order valence-corrected chi connectivity index (χ4v) is 3.97. The first-order valence-electron chi connectivity index (χ1n) is 7.10. The molecule has 5 nitrogen and oxygen atoms in total. The van der Waals surface area contributed by atoms with Crippen LogP contribution in [0.2, 0.25) is 0 Å². The van der Waals surface area contributed by atoms with E-state index < -0.39 is 0 Å². The van der Waals surface area contributed by atoms with E-state index in [0.717, 1.165) is 25.8 Å². The van der Waals surface area contributed by atoms with Crippen molar-refractivity contribution in [3.63, 3.8) is 0 Å². The van der Waals surface area contributed by atoms with E-state index in [1.165, 1.54) is 0 Å². The molecule has 2 bridgehead atoms. The van der Waals surface area contributed by atoms with Gasteiger partial charge in [0.05, 0.1) is 18.4 Å². The van der Waals surface area contributed by atoms with Gasteiger partial charge in [-0.2, -0.15) is 0 Å².